The Hall–Kier alpha value is -0.810. The van der Waals surface area contributed by atoms with Crippen molar-refractivity contribution in [1.29, 1.82) is 0 Å². The molecule has 0 aromatic carbocycles. The summed E-state index contributed by atoms with van der Waals surface area (Å²) in [6.07, 6.45) is -2.11. The minimum Gasteiger partial charge on any atom is -0.427 e. The molecule has 5 heteroatoms. The number of carbonyl (C=O) groups is 1. The zero-order chi connectivity index (χ0) is 7.84. The van der Waals surface area contributed by atoms with Gasteiger partial charge < -0.3 is 19.3 Å². The van der Waals surface area contributed by atoms with Crippen molar-refractivity contribution in [1.82, 2.24) is 0 Å². The lowest BCUT2D eigenvalue weighted by Crippen LogP contribution is -2.42. The first kappa shape index (κ1) is 6.87. The highest BCUT2D eigenvalue weighted by Crippen LogP contribution is 2.25. The second-order valence-corrected chi connectivity index (χ2v) is 2.54. The largest absolute Gasteiger partial charge is 0.509 e. The Balaban J connectivity index is 2.09. The van der Waals surface area contributed by atoms with Crippen molar-refractivity contribution < 1.29 is 24.1 Å². The van der Waals surface area contributed by atoms with Gasteiger partial charge in [0.2, 0.25) is 0 Å². The van der Waals surface area contributed by atoms with E-state index in [1.165, 1.54) is 0 Å². The van der Waals surface area contributed by atoms with Crippen LogP contribution in [0.4, 0.5) is 4.79 Å². The van der Waals surface area contributed by atoms with Gasteiger partial charge in [0.15, 0.2) is 12.4 Å². The number of hydrogen-bond acceptors (Lipinski definition) is 5. The van der Waals surface area contributed by atoms with E-state index in [9.17, 15) is 4.79 Å². The fourth-order valence-electron chi connectivity index (χ4n) is 1.27. The summed E-state index contributed by atoms with van der Waals surface area (Å²) in [5, 5.41) is 9.12. The molecular weight excluding hydrogens is 152 g/mol. The summed E-state index contributed by atoms with van der Waals surface area (Å²) in [6, 6.07) is 0. The van der Waals surface area contributed by atoms with Crippen molar-refractivity contribution in [2.45, 2.75) is 24.9 Å². The lowest BCUT2D eigenvalue weighted by molar-refractivity contribution is -0.188. The zero-order valence-corrected chi connectivity index (χ0v) is 5.73. The Morgan fingerprint density at radius 1 is 1.45 bits per heavy atom. The second-order valence-electron chi connectivity index (χ2n) is 2.54. The van der Waals surface area contributed by atoms with Crippen LogP contribution in [0.3, 0.4) is 0 Å². The molecular formula is C6H8O5. The highest BCUT2D eigenvalue weighted by atomic mass is 16.8. The average Bonchev–Trinajstić information content (AvgIpc) is 2.31. The number of fused-ring (bicyclic) bond motifs is 1. The number of aliphatic hydroxyl groups is 1. The lowest BCUT2D eigenvalue weighted by atomic mass is 10.1. The summed E-state index contributed by atoms with van der Waals surface area (Å²) in [5.74, 6) is 0. The van der Waals surface area contributed by atoms with Crippen LogP contribution in [0.1, 0.15) is 6.42 Å². The average molecular weight is 160 g/mol. The molecule has 0 radical (unpaired) electrons. The van der Waals surface area contributed by atoms with E-state index < -0.39 is 18.5 Å². The summed E-state index contributed by atoms with van der Waals surface area (Å²) in [4.78, 5) is 10.5. The molecule has 0 spiro atoms. The van der Waals surface area contributed by atoms with Crippen molar-refractivity contribution in [3.8, 4) is 0 Å². The van der Waals surface area contributed by atoms with E-state index in [0.717, 1.165) is 0 Å². The molecule has 2 aliphatic rings. The third kappa shape index (κ3) is 1.06. The molecule has 62 valence electrons. The van der Waals surface area contributed by atoms with Crippen LogP contribution in [-0.2, 0) is 14.2 Å². The minimum atomic E-state index is -1.03. The summed E-state index contributed by atoms with van der Waals surface area (Å²) < 4.78 is 14.2. The second kappa shape index (κ2) is 2.35. The molecule has 5 nitrogen and oxygen atoms in total. The Morgan fingerprint density at radius 3 is 3.00 bits per heavy atom. The number of hydrogen-bond donors (Lipinski definition) is 1. The molecule has 2 heterocycles. The highest BCUT2D eigenvalue weighted by molar-refractivity contribution is 5.62. The van der Waals surface area contributed by atoms with Crippen LogP contribution in [0, 0.1) is 0 Å². The number of carbonyl (C=O) groups excluding carboxylic acids is 1. The lowest BCUT2D eigenvalue weighted by Gasteiger charge is -2.25. The van der Waals surface area contributed by atoms with E-state index in [1.54, 1.807) is 0 Å². The SMILES string of the molecule is O=C1O[C@@H]2CCOC(O)[C@@H]2O1. The fraction of sp³-hybridized carbons (Fsp3) is 0.833. The molecule has 0 aromatic rings. The highest BCUT2D eigenvalue weighted by Gasteiger charge is 2.44. The molecule has 1 N–H and O–H groups in total. The van der Waals surface area contributed by atoms with Crippen LogP contribution in [0.25, 0.3) is 0 Å². The third-order valence-corrected chi connectivity index (χ3v) is 1.82. The van der Waals surface area contributed by atoms with Gasteiger partial charge in [0, 0.05) is 6.42 Å². The van der Waals surface area contributed by atoms with Gasteiger partial charge in [0.25, 0.3) is 0 Å². The van der Waals surface area contributed by atoms with Crippen molar-refractivity contribution in [3.05, 3.63) is 0 Å². The summed E-state index contributed by atoms with van der Waals surface area (Å²) in [6.45, 7) is 0.402. The smallest absolute Gasteiger partial charge is 0.427 e. The maximum absolute atomic E-state index is 10.5. The molecule has 0 amide bonds. The van der Waals surface area contributed by atoms with E-state index >= 15 is 0 Å². The van der Waals surface area contributed by atoms with Crippen LogP contribution >= 0.6 is 0 Å². The van der Waals surface area contributed by atoms with Gasteiger partial charge >= 0.3 is 6.16 Å². The van der Waals surface area contributed by atoms with Gasteiger partial charge in [-0.25, -0.2) is 4.79 Å². The van der Waals surface area contributed by atoms with Crippen molar-refractivity contribution in [3.63, 3.8) is 0 Å². The van der Waals surface area contributed by atoms with Crippen LogP contribution in [0.15, 0.2) is 0 Å². The molecule has 0 aromatic heterocycles. The Labute approximate surface area is 62.8 Å². The normalized spacial score (nSPS) is 42.6. The molecule has 0 bridgehead atoms. The van der Waals surface area contributed by atoms with E-state index in [2.05, 4.69) is 4.74 Å². The van der Waals surface area contributed by atoms with E-state index in [1.807, 2.05) is 0 Å². The molecule has 2 fully saturated rings. The standard InChI is InChI=1S/C6H8O5/c7-5-4-3(1-2-9-5)10-6(8)11-4/h3-5,7H,1-2H2/t3-,4-,5?/m1/s1. The van der Waals surface area contributed by atoms with Crippen LogP contribution < -0.4 is 0 Å². The maximum Gasteiger partial charge on any atom is 0.509 e. The van der Waals surface area contributed by atoms with E-state index in [0.29, 0.717) is 13.0 Å². The van der Waals surface area contributed by atoms with Gasteiger partial charge in [-0.15, -0.1) is 0 Å². The first-order chi connectivity index (χ1) is 5.27. The molecule has 2 aliphatic heterocycles. The predicted molar refractivity (Wildman–Crippen MR) is 31.7 cm³/mol. The van der Waals surface area contributed by atoms with Gasteiger partial charge in [-0.3, -0.25) is 0 Å². The molecule has 11 heavy (non-hydrogen) atoms. The van der Waals surface area contributed by atoms with Gasteiger partial charge in [0.1, 0.15) is 6.10 Å². The van der Waals surface area contributed by atoms with Crippen LogP contribution in [0.2, 0.25) is 0 Å². The van der Waals surface area contributed by atoms with E-state index in [4.69, 9.17) is 14.6 Å². The third-order valence-electron chi connectivity index (χ3n) is 1.82. The number of aliphatic hydroxyl groups excluding tert-OH is 1. The first-order valence-corrected chi connectivity index (χ1v) is 3.44. The van der Waals surface area contributed by atoms with Crippen molar-refractivity contribution >= 4 is 6.16 Å². The van der Waals surface area contributed by atoms with Gasteiger partial charge in [-0.2, -0.15) is 0 Å². The molecule has 3 atom stereocenters. The van der Waals surface area contributed by atoms with Crippen LogP contribution in [0.5, 0.6) is 0 Å². The molecule has 0 aliphatic carbocycles. The predicted octanol–water partition coefficient (Wildman–Crippen LogP) is -0.371. The Morgan fingerprint density at radius 2 is 2.27 bits per heavy atom. The molecule has 2 saturated heterocycles. The summed E-state index contributed by atoms with van der Waals surface area (Å²) in [7, 11) is 0. The van der Waals surface area contributed by atoms with Gasteiger partial charge in [-0.1, -0.05) is 0 Å². The fourth-order valence-corrected chi connectivity index (χ4v) is 1.27. The van der Waals surface area contributed by atoms with Crippen LogP contribution in [-0.4, -0.2) is 36.4 Å². The topological polar surface area (TPSA) is 65.0 Å². The quantitative estimate of drug-likeness (QED) is 0.490. The monoisotopic (exact) mass is 160 g/mol. The summed E-state index contributed by atoms with van der Waals surface area (Å²) in [5.41, 5.74) is 0. The maximum atomic E-state index is 10.5. The van der Waals surface area contributed by atoms with Gasteiger partial charge in [-0.05, 0) is 0 Å². The molecule has 1 unspecified atom stereocenters. The Kier molecular flexibility index (Phi) is 1.47. The number of ether oxygens (including phenoxy) is 3. The van der Waals surface area contributed by atoms with Crippen molar-refractivity contribution in [2.24, 2.45) is 0 Å². The summed E-state index contributed by atoms with van der Waals surface area (Å²) >= 11 is 0. The van der Waals surface area contributed by atoms with Gasteiger partial charge in [0.05, 0.1) is 6.61 Å². The first-order valence-electron chi connectivity index (χ1n) is 3.44. The van der Waals surface area contributed by atoms with Crippen molar-refractivity contribution in [2.75, 3.05) is 6.61 Å². The zero-order valence-electron chi connectivity index (χ0n) is 5.73. The minimum absolute atomic E-state index is 0.328. The molecule has 0 saturated carbocycles. The molecule has 2 rings (SSSR count). The van der Waals surface area contributed by atoms with E-state index in [-0.39, 0.29) is 6.10 Å². The number of rotatable bonds is 0. The Bertz CT molecular complexity index is 180.